The summed E-state index contributed by atoms with van der Waals surface area (Å²) in [4.78, 5) is 2.66. The number of hydrogen-bond donors (Lipinski definition) is 1. The van der Waals surface area contributed by atoms with Crippen molar-refractivity contribution in [3.8, 4) is 0 Å². The van der Waals surface area contributed by atoms with Gasteiger partial charge in [0.2, 0.25) is 0 Å². The van der Waals surface area contributed by atoms with E-state index in [1.165, 1.54) is 5.56 Å². The summed E-state index contributed by atoms with van der Waals surface area (Å²) in [5.74, 6) is 0. The molecule has 0 aromatic heterocycles. The first kappa shape index (κ1) is 15.9. The molecule has 2 rings (SSSR count). The molecule has 1 fully saturated rings. The number of nitrogens with one attached hydrogen (secondary N) is 1. The van der Waals surface area contributed by atoms with Crippen molar-refractivity contribution < 1.29 is 0 Å². The molecule has 0 spiro atoms. The Morgan fingerprint density at radius 1 is 1.30 bits per heavy atom. The zero-order chi connectivity index (χ0) is 14.8. The quantitative estimate of drug-likeness (QED) is 0.913. The average molecular weight is 292 g/mol. The van der Waals surface area contributed by atoms with Crippen LogP contribution >= 0.6 is 11.8 Å². The van der Waals surface area contributed by atoms with Crippen LogP contribution in [0.25, 0.3) is 0 Å². The molecule has 0 saturated carbocycles. The molecule has 1 aromatic carbocycles. The Labute approximate surface area is 128 Å². The van der Waals surface area contributed by atoms with Gasteiger partial charge in [0.1, 0.15) is 0 Å². The first-order valence-electron chi connectivity index (χ1n) is 7.42. The van der Waals surface area contributed by atoms with Gasteiger partial charge in [0.25, 0.3) is 0 Å². The highest BCUT2D eigenvalue weighted by molar-refractivity contribution is 7.99. The fourth-order valence-corrected chi connectivity index (χ4v) is 3.19. The first-order valence-corrected chi connectivity index (χ1v) is 8.65. The zero-order valence-corrected chi connectivity index (χ0v) is 14.3. The molecule has 112 valence electrons. The van der Waals surface area contributed by atoms with Crippen molar-refractivity contribution in [3.63, 3.8) is 0 Å². The fourth-order valence-electron chi connectivity index (χ4n) is 2.90. The van der Waals surface area contributed by atoms with E-state index in [0.717, 1.165) is 19.6 Å². The standard InChI is InChI=1S/C17H28N2S/c1-16(2)12-19(13-17(3,4)20-5)15(11-18-16)14-9-7-6-8-10-14/h6-10,15,18H,11-13H2,1-5H3. The van der Waals surface area contributed by atoms with Gasteiger partial charge in [-0.05, 0) is 39.5 Å². The van der Waals surface area contributed by atoms with Gasteiger partial charge in [-0.15, -0.1) is 0 Å². The predicted molar refractivity (Wildman–Crippen MR) is 90.4 cm³/mol. The maximum absolute atomic E-state index is 3.69. The molecule has 3 heteroatoms. The zero-order valence-electron chi connectivity index (χ0n) is 13.4. The highest BCUT2D eigenvalue weighted by atomic mass is 32.2. The second-order valence-corrected chi connectivity index (χ2v) is 8.57. The topological polar surface area (TPSA) is 15.3 Å². The van der Waals surface area contributed by atoms with E-state index >= 15 is 0 Å². The minimum Gasteiger partial charge on any atom is -0.309 e. The third-order valence-electron chi connectivity index (χ3n) is 4.13. The Morgan fingerprint density at radius 3 is 2.55 bits per heavy atom. The number of nitrogens with zero attached hydrogens (tertiary/aromatic N) is 1. The number of piperazine rings is 1. The highest BCUT2D eigenvalue weighted by Crippen LogP contribution is 2.31. The van der Waals surface area contributed by atoms with Crippen molar-refractivity contribution in [1.82, 2.24) is 10.2 Å². The van der Waals surface area contributed by atoms with E-state index in [0.29, 0.717) is 10.8 Å². The summed E-state index contributed by atoms with van der Waals surface area (Å²) in [6.07, 6.45) is 2.21. The molecule has 1 unspecified atom stereocenters. The van der Waals surface area contributed by atoms with E-state index < -0.39 is 0 Å². The van der Waals surface area contributed by atoms with Gasteiger partial charge in [-0.3, -0.25) is 4.90 Å². The molecule has 2 nitrogen and oxygen atoms in total. The monoisotopic (exact) mass is 292 g/mol. The number of rotatable bonds is 4. The maximum atomic E-state index is 3.69. The van der Waals surface area contributed by atoms with Crippen LogP contribution < -0.4 is 5.32 Å². The summed E-state index contributed by atoms with van der Waals surface area (Å²) in [6, 6.07) is 11.4. The third-order valence-corrected chi connectivity index (χ3v) is 5.37. The second kappa shape index (κ2) is 6.08. The summed E-state index contributed by atoms with van der Waals surface area (Å²) < 4.78 is 0.292. The Bertz CT molecular complexity index is 428. The molecule has 1 aliphatic rings. The molecule has 0 amide bonds. The molecular weight excluding hydrogens is 264 g/mol. The summed E-state index contributed by atoms with van der Waals surface area (Å²) >= 11 is 1.96. The highest BCUT2D eigenvalue weighted by Gasteiger charge is 2.35. The predicted octanol–water partition coefficient (Wildman–Crippen LogP) is 3.55. The van der Waals surface area contributed by atoms with Crippen LogP contribution in [0, 0.1) is 0 Å². The minimum absolute atomic E-state index is 0.194. The van der Waals surface area contributed by atoms with Gasteiger partial charge >= 0.3 is 0 Å². The Kier molecular flexibility index (Phi) is 4.83. The third kappa shape index (κ3) is 4.00. The molecule has 0 aliphatic carbocycles. The lowest BCUT2D eigenvalue weighted by atomic mass is 9.94. The second-order valence-electron chi connectivity index (χ2n) is 7.06. The van der Waals surface area contributed by atoms with Gasteiger partial charge < -0.3 is 5.32 Å². The van der Waals surface area contributed by atoms with Crippen molar-refractivity contribution in [2.45, 2.75) is 44.0 Å². The van der Waals surface area contributed by atoms with Crippen LogP contribution in [0.15, 0.2) is 30.3 Å². The van der Waals surface area contributed by atoms with Gasteiger partial charge in [0.15, 0.2) is 0 Å². The fraction of sp³-hybridized carbons (Fsp3) is 0.647. The Hall–Kier alpha value is -0.510. The SMILES string of the molecule is CSC(C)(C)CN1CC(C)(C)NCC1c1ccccc1. The summed E-state index contributed by atoms with van der Waals surface area (Å²) in [7, 11) is 0. The molecular formula is C17H28N2S. The van der Waals surface area contributed by atoms with Gasteiger partial charge in [0, 0.05) is 36.0 Å². The lowest BCUT2D eigenvalue weighted by molar-refractivity contribution is 0.0883. The Morgan fingerprint density at radius 2 is 1.95 bits per heavy atom. The first-order chi connectivity index (χ1) is 9.33. The van der Waals surface area contributed by atoms with Crippen molar-refractivity contribution in [3.05, 3.63) is 35.9 Å². The van der Waals surface area contributed by atoms with E-state index in [1.54, 1.807) is 0 Å². The van der Waals surface area contributed by atoms with Crippen molar-refractivity contribution in [2.75, 3.05) is 25.9 Å². The summed E-state index contributed by atoms with van der Waals surface area (Å²) in [5, 5.41) is 3.69. The maximum Gasteiger partial charge on any atom is 0.0474 e. The largest absolute Gasteiger partial charge is 0.309 e. The van der Waals surface area contributed by atoms with Gasteiger partial charge in [0.05, 0.1) is 0 Å². The summed E-state index contributed by atoms with van der Waals surface area (Å²) in [5.41, 5.74) is 1.62. The van der Waals surface area contributed by atoms with Crippen LogP contribution in [-0.2, 0) is 0 Å². The van der Waals surface area contributed by atoms with E-state index in [1.807, 2.05) is 11.8 Å². The average Bonchev–Trinajstić information content (AvgIpc) is 2.38. The molecule has 1 N–H and O–H groups in total. The molecule has 1 aromatic rings. The van der Waals surface area contributed by atoms with Crippen LogP contribution in [0.4, 0.5) is 0 Å². The minimum atomic E-state index is 0.194. The van der Waals surface area contributed by atoms with Crippen LogP contribution in [0.3, 0.4) is 0 Å². The van der Waals surface area contributed by atoms with E-state index in [-0.39, 0.29) is 5.54 Å². The molecule has 1 aliphatic heterocycles. The van der Waals surface area contributed by atoms with Crippen LogP contribution in [-0.4, -0.2) is 41.1 Å². The molecule has 1 atom stereocenters. The van der Waals surface area contributed by atoms with E-state index in [9.17, 15) is 0 Å². The molecule has 20 heavy (non-hydrogen) atoms. The van der Waals surface area contributed by atoms with Crippen LogP contribution in [0.5, 0.6) is 0 Å². The number of benzene rings is 1. The lowest BCUT2D eigenvalue weighted by Gasteiger charge is -2.47. The Balaban J connectivity index is 2.20. The van der Waals surface area contributed by atoms with Crippen molar-refractivity contribution in [1.29, 1.82) is 0 Å². The van der Waals surface area contributed by atoms with Crippen molar-refractivity contribution in [2.24, 2.45) is 0 Å². The molecule has 0 radical (unpaired) electrons. The smallest absolute Gasteiger partial charge is 0.0474 e. The summed E-state index contributed by atoms with van der Waals surface area (Å²) in [6.45, 7) is 12.5. The van der Waals surface area contributed by atoms with Crippen LogP contribution in [0.2, 0.25) is 0 Å². The number of thioether (sulfide) groups is 1. The normalized spacial score (nSPS) is 23.8. The number of hydrogen-bond acceptors (Lipinski definition) is 3. The lowest BCUT2D eigenvalue weighted by Crippen LogP contribution is -2.59. The van der Waals surface area contributed by atoms with E-state index in [2.05, 4.69) is 74.5 Å². The van der Waals surface area contributed by atoms with Gasteiger partial charge in [-0.25, -0.2) is 0 Å². The molecule has 1 heterocycles. The van der Waals surface area contributed by atoms with Gasteiger partial charge in [-0.1, -0.05) is 30.3 Å². The van der Waals surface area contributed by atoms with E-state index in [4.69, 9.17) is 0 Å². The molecule has 0 bridgehead atoms. The van der Waals surface area contributed by atoms with Gasteiger partial charge in [-0.2, -0.15) is 11.8 Å². The van der Waals surface area contributed by atoms with Crippen LogP contribution in [0.1, 0.15) is 39.3 Å². The van der Waals surface area contributed by atoms with Crippen molar-refractivity contribution >= 4 is 11.8 Å². The molecule has 1 saturated heterocycles.